The van der Waals surface area contributed by atoms with Crippen LogP contribution in [0.1, 0.15) is 12.5 Å². The van der Waals surface area contributed by atoms with Crippen molar-refractivity contribution in [3.8, 4) is 0 Å². The van der Waals surface area contributed by atoms with Gasteiger partial charge in [0.1, 0.15) is 5.82 Å². The number of nitrogens with one attached hydrogen (secondary N) is 1. The molecule has 0 bridgehead atoms. The Hall–Kier alpha value is -1.71. The van der Waals surface area contributed by atoms with Crippen LogP contribution in [-0.4, -0.2) is 11.8 Å². The van der Waals surface area contributed by atoms with E-state index in [1.54, 1.807) is 0 Å². The lowest BCUT2D eigenvalue weighted by Crippen LogP contribution is -2.29. The van der Waals surface area contributed by atoms with E-state index in [2.05, 4.69) is 5.32 Å². The molecule has 14 heavy (non-hydrogen) atoms. The van der Waals surface area contributed by atoms with Crippen molar-refractivity contribution in [2.75, 3.05) is 0 Å². The van der Waals surface area contributed by atoms with Gasteiger partial charge in [-0.25, -0.2) is 4.39 Å². The molecule has 0 aliphatic carbocycles. The predicted octanol–water partition coefficient (Wildman–Crippen LogP) is 1.03. The number of benzene rings is 1. The Labute approximate surface area is 80.9 Å². The number of rotatable bonds is 2. The highest BCUT2D eigenvalue weighted by Crippen LogP contribution is 2.03. The van der Waals surface area contributed by atoms with Crippen molar-refractivity contribution >= 4 is 11.8 Å². The van der Waals surface area contributed by atoms with Crippen LogP contribution in [0.2, 0.25) is 0 Å². The van der Waals surface area contributed by atoms with E-state index in [1.807, 2.05) is 0 Å². The minimum Gasteiger partial charge on any atom is -0.296 e. The zero-order valence-electron chi connectivity index (χ0n) is 7.71. The smallest absolute Gasteiger partial charge is 0.230 e. The number of halogens is 1. The molecule has 0 spiro atoms. The molecule has 3 nitrogen and oxygen atoms in total. The largest absolute Gasteiger partial charge is 0.296 e. The van der Waals surface area contributed by atoms with Crippen LogP contribution < -0.4 is 5.32 Å². The van der Waals surface area contributed by atoms with Crippen molar-refractivity contribution in [1.82, 2.24) is 5.32 Å². The van der Waals surface area contributed by atoms with Gasteiger partial charge >= 0.3 is 0 Å². The summed E-state index contributed by atoms with van der Waals surface area (Å²) in [6.45, 7) is 1.27. The molecular weight excluding hydrogens is 185 g/mol. The van der Waals surface area contributed by atoms with Crippen LogP contribution >= 0.6 is 0 Å². The van der Waals surface area contributed by atoms with Gasteiger partial charge in [0.25, 0.3) is 0 Å². The predicted molar refractivity (Wildman–Crippen MR) is 48.9 cm³/mol. The molecule has 0 fully saturated rings. The van der Waals surface area contributed by atoms with Crippen LogP contribution in [0.25, 0.3) is 0 Å². The molecule has 0 unspecified atom stereocenters. The van der Waals surface area contributed by atoms with E-state index in [0.29, 0.717) is 5.56 Å². The Morgan fingerprint density at radius 3 is 2.36 bits per heavy atom. The molecular formula is C10H10FNO2. The monoisotopic (exact) mass is 195 g/mol. The highest BCUT2D eigenvalue weighted by atomic mass is 19.1. The molecule has 2 amide bonds. The van der Waals surface area contributed by atoms with Gasteiger partial charge in [-0.3, -0.25) is 14.9 Å². The second-order valence-electron chi connectivity index (χ2n) is 2.91. The molecule has 0 aromatic heterocycles. The van der Waals surface area contributed by atoms with Crippen LogP contribution in [0.5, 0.6) is 0 Å². The summed E-state index contributed by atoms with van der Waals surface area (Å²) in [4.78, 5) is 21.6. The third-order valence-corrected chi connectivity index (χ3v) is 1.59. The van der Waals surface area contributed by atoms with E-state index >= 15 is 0 Å². The van der Waals surface area contributed by atoms with Gasteiger partial charge in [-0.2, -0.15) is 0 Å². The Kier molecular flexibility index (Phi) is 3.34. The maximum Gasteiger partial charge on any atom is 0.230 e. The lowest BCUT2D eigenvalue weighted by atomic mass is 10.1. The van der Waals surface area contributed by atoms with E-state index in [0.717, 1.165) is 0 Å². The third-order valence-electron chi connectivity index (χ3n) is 1.59. The van der Waals surface area contributed by atoms with Crippen molar-refractivity contribution in [1.29, 1.82) is 0 Å². The average molecular weight is 195 g/mol. The molecule has 1 N–H and O–H groups in total. The molecule has 0 radical (unpaired) electrons. The second kappa shape index (κ2) is 4.50. The first-order valence-corrected chi connectivity index (χ1v) is 4.13. The molecule has 0 heterocycles. The van der Waals surface area contributed by atoms with Gasteiger partial charge in [0.15, 0.2) is 0 Å². The van der Waals surface area contributed by atoms with Gasteiger partial charge < -0.3 is 0 Å². The number of amides is 2. The van der Waals surface area contributed by atoms with Gasteiger partial charge in [0.05, 0.1) is 6.42 Å². The molecule has 0 saturated carbocycles. The lowest BCUT2D eigenvalue weighted by molar-refractivity contribution is -0.128. The van der Waals surface area contributed by atoms with Crippen LogP contribution in [0.15, 0.2) is 24.3 Å². The number of hydrogen-bond acceptors (Lipinski definition) is 2. The van der Waals surface area contributed by atoms with Gasteiger partial charge in [0.2, 0.25) is 11.8 Å². The van der Waals surface area contributed by atoms with E-state index in [-0.39, 0.29) is 18.1 Å². The summed E-state index contributed by atoms with van der Waals surface area (Å²) in [7, 11) is 0. The zero-order chi connectivity index (χ0) is 10.6. The van der Waals surface area contributed by atoms with Gasteiger partial charge in [0, 0.05) is 6.92 Å². The molecule has 74 valence electrons. The molecule has 0 aliphatic rings. The number of carbonyl (C=O) groups is 2. The molecule has 1 aromatic carbocycles. The second-order valence-corrected chi connectivity index (χ2v) is 2.91. The first-order chi connectivity index (χ1) is 6.58. The fourth-order valence-corrected chi connectivity index (χ4v) is 1.03. The molecule has 1 rings (SSSR count). The van der Waals surface area contributed by atoms with Gasteiger partial charge in [-0.1, -0.05) is 12.1 Å². The van der Waals surface area contributed by atoms with E-state index < -0.39 is 5.91 Å². The number of imide groups is 1. The van der Waals surface area contributed by atoms with Crippen molar-refractivity contribution < 1.29 is 14.0 Å². The Bertz CT molecular complexity index is 346. The van der Waals surface area contributed by atoms with Crippen molar-refractivity contribution in [2.45, 2.75) is 13.3 Å². The Balaban J connectivity index is 2.56. The SMILES string of the molecule is CC(=O)NC(=O)Cc1ccc(F)cc1. The highest BCUT2D eigenvalue weighted by Gasteiger charge is 2.04. The van der Waals surface area contributed by atoms with Crippen LogP contribution in [0, 0.1) is 5.82 Å². The summed E-state index contributed by atoms with van der Waals surface area (Å²) in [6, 6.07) is 5.57. The topological polar surface area (TPSA) is 46.2 Å². The minimum absolute atomic E-state index is 0.0832. The van der Waals surface area contributed by atoms with Crippen LogP contribution in [0.4, 0.5) is 4.39 Å². The van der Waals surface area contributed by atoms with Gasteiger partial charge in [-0.15, -0.1) is 0 Å². The summed E-state index contributed by atoms with van der Waals surface area (Å²) in [5, 5.41) is 2.13. The summed E-state index contributed by atoms with van der Waals surface area (Å²) >= 11 is 0. The maximum atomic E-state index is 12.5. The van der Waals surface area contributed by atoms with Gasteiger partial charge in [-0.05, 0) is 17.7 Å². The third kappa shape index (κ3) is 3.35. The zero-order valence-corrected chi connectivity index (χ0v) is 7.71. The van der Waals surface area contributed by atoms with Crippen LogP contribution in [-0.2, 0) is 16.0 Å². The molecule has 0 atom stereocenters. The molecule has 0 aliphatic heterocycles. The molecule has 4 heteroatoms. The van der Waals surface area contributed by atoms with Crippen molar-refractivity contribution in [3.05, 3.63) is 35.6 Å². The Morgan fingerprint density at radius 2 is 1.86 bits per heavy atom. The van der Waals surface area contributed by atoms with Crippen molar-refractivity contribution in [3.63, 3.8) is 0 Å². The number of carbonyl (C=O) groups excluding carboxylic acids is 2. The molecule has 0 saturated heterocycles. The minimum atomic E-state index is -0.392. The fraction of sp³-hybridized carbons (Fsp3) is 0.200. The van der Waals surface area contributed by atoms with E-state index in [9.17, 15) is 14.0 Å². The summed E-state index contributed by atoms with van der Waals surface area (Å²) in [6.07, 6.45) is 0.0832. The first kappa shape index (κ1) is 10.4. The summed E-state index contributed by atoms with van der Waals surface area (Å²) in [5.74, 6) is -1.12. The van der Waals surface area contributed by atoms with E-state index in [4.69, 9.17) is 0 Å². The lowest BCUT2D eigenvalue weighted by Gasteiger charge is -2.00. The van der Waals surface area contributed by atoms with Crippen molar-refractivity contribution in [2.24, 2.45) is 0 Å². The normalized spacial score (nSPS) is 9.57. The number of hydrogen-bond donors (Lipinski definition) is 1. The summed E-state index contributed by atoms with van der Waals surface area (Å²) < 4.78 is 12.5. The fourth-order valence-electron chi connectivity index (χ4n) is 1.03. The van der Waals surface area contributed by atoms with E-state index in [1.165, 1.54) is 31.2 Å². The quantitative estimate of drug-likeness (QED) is 0.766. The maximum absolute atomic E-state index is 12.5. The highest BCUT2D eigenvalue weighted by molar-refractivity contribution is 5.94. The van der Waals surface area contributed by atoms with Crippen LogP contribution in [0.3, 0.4) is 0 Å². The molecule has 1 aromatic rings. The standard InChI is InChI=1S/C10H10FNO2/c1-7(13)12-10(14)6-8-2-4-9(11)5-3-8/h2-5H,6H2,1H3,(H,12,13,14). The Morgan fingerprint density at radius 1 is 1.29 bits per heavy atom. The summed E-state index contributed by atoms with van der Waals surface area (Å²) in [5.41, 5.74) is 0.671. The first-order valence-electron chi connectivity index (χ1n) is 4.13. The average Bonchev–Trinajstić information content (AvgIpc) is 2.07.